The number of aromatic nitrogens is 4. The lowest BCUT2D eigenvalue weighted by Crippen LogP contribution is -2.57. The van der Waals surface area contributed by atoms with Crippen LogP contribution in [0.2, 0.25) is 0 Å². The quantitative estimate of drug-likeness (QED) is 0.487. The Morgan fingerprint density at radius 2 is 1.95 bits per heavy atom. The molecular formula is C28H36FN7O3. The van der Waals surface area contributed by atoms with Crippen LogP contribution in [0.4, 0.5) is 10.2 Å². The Kier molecular flexibility index (Phi) is 6.79. The second kappa shape index (κ2) is 9.83. The van der Waals surface area contributed by atoms with Crippen LogP contribution < -0.4 is 20.1 Å². The first-order valence-corrected chi connectivity index (χ1v) is 13.5. The normalized spacial score (nSPS) is 21.7. The first-order valence-electron chi connectivity index (χ1n) is 13.5. The third-order valence-corrected chi connectivity index (χ3v) is 7.87. The minimum absolute atomic E-state index is 0.0236. The van der Waals surface area contributed by atoms with Crippen LogP contribution in [-0.2, 0) is 20.0 Å². The Hall–Kier alpha value is -3.65. The summed E-state index contributed by atoms with van der Waals surface area (Å²) in [5, 5.41) is 9.32. The van der Waals surface area contributed by atoms with Crippen molar-refractivity contribution in [3.05, 3.63) is 39.8 Å². The largest absolute Gasteiger partial charge is 0.486 e. The maximum atomic E-state index is 15.3. The maximum Gasteiger partial charge on any atom is 0.350 e. The average Bonchev–Trinajstić information content (AvgIpc) is 3.24. The van der Waals surface area contributed by atoms with Crippen molar-refractivity contribution in [2.24, 2.45) is 7.05 Å². The van der Waals surface area contributed by atoms with Gasteiger partial charge in [-0.2, -0.15) is 10.2 Å². The molecule has 2 aromatic heterocycles. The molecule has 5 rings (SSSR count). The second-order valence-electron chi connectivity index (χ2n) is 11.3. The molecule has 3 atom stereocenters. The molecule has 11 heteroatoms. The van der Waals surface area contributed by atoms with E-state index < -0.39 is 5.60 Å². The van der Waals surface area contributed by atoms with Crippen LogP contribution in [0.15, 0.2) is 16.9 Å². The van der Waals surface area contributed by atoms with E-state index in [1.165, 1.54) is 10.6 Å². The van der Waals surface area contributed by atoms with Crippen molar-refractivity contribution in [2.75, 3.05) is 24.6 Å². The number of benzene rings is 1. The molecule has 0 bridgehead atoms. The zero-order chi connectivity index (χ0) is 28.2. The molecule has 3 aromatic rings. The summed E-state index contributed by atoms with van der Waals surface area (Å²) in [4.78, 5) is 26.5. The molecule has 1 aromatic carbocycles. The van der Waals surface area contributed by atoms with Crippen molar-refractivity contribution in [3.8, 4) is 17.6 Å². The van der Waals surface area contributed by atoms with Gasteiger partial charge in [-0.3, -0.25) is 9.47 Å². The van der Waals surface area contributed by atoms with Gasteiger partial charge in [0, 0.05) is 56.4 Å². The highest BCUT2D eigenvalue weighted by Crippen LogP contribution is 2.40. The number of rotatable bonds is 5. The van der Waals surface area contributed by atoms with E-state index >= 15 is 4.39 Å². The van der Waals surface area contributed by atoms with E-state index in [1.54, 1.807) is 13.1 Å². The van der Waals surface area contributed by atoms with Crippen molar-refractivity contribution in [3.63, 3.8) is 0 Å². The van der Waals surface area contributed by atoms with Crippen LogP contribution in [-0.4, -0.2) is 61.4 Å². The fourth-order valence-electron chi connectivity index (χ4n) is 5.84. The molecule has 1 fully saturated rings. The van der Waals surface area contributed by atoms with Gasteiger partial charge in [-0.05, 0) is 47.6 Å². The van der Waals surface area contributed by atoms with Gasteiger partial charge in [-0.1, -0.05) is 0 Å². The lowest BCUT2D eigenvalue weighted by Gasteiger charge is -2.47. The molecule has 0 N–H and O–H groups in total. The Morgan fingerprint density at radius 1 is 1.21 bits per heavy atom. The number of ether oxygens (including phenoxy) is 2. The van der Waals surface area contributed by atoms with E-state index in [2.05, 4.69) is 34.7 Å². The number of hydrogen-bond acceptors (Lipinski definition) is 8. The Balaban J connectivity index is 1.46. The number of nitrogens with zero attached hydrogens (tertiary/aromatic N) is 7. The first kappa shape index (κ1) is 26.9. The predicted octanol–water partition coefficient (Wildman–Crippen LogP) is 3.57. The van der Waals surface area contributed by atoms with E-state index in [0.29, 0.717) is 66.1 Å². The SMILES string of the molecule is CCn1c(CC#N)nc2c(N3C[C@@H](C)N(C(C)c4cc5c(cc4F)OC(C)(C)CO5)C[C@@H]3C)nc(=O)n(C)c21. The van der Waals surface area contributed by atoms with Crippen molar-refractivity contribution < 1.29 is 13.9 Å². The molecule has 0 radical (unpaired) electrons. The van der Waals surface area contributed by atoms with Gasteiger partial charge in [0.1, 0.15) is 35.0 Å². The summed E-state index contributed by atoms with van der Waals surface area (Å²) in [5.74, 6) is 1.80. The summed E-state index contributed by atoms with van der Waals surface area (Å²) in [5.41, 5.74) is 0.960. The lowest BCUT2D eigenvalue weighted by atomic mass is 9.99. The Bertz CT molecular complexity index is 1520. The minimum atomic E-state index is -0.507. The standard InChI is InChI=1S/C28H36FN7O3/c1-8-34-23(9-10-30)31-24-25(32-27(37)33(7)26(24)34)36-14-16(2)35(13-17(36)3)18(4)19-11-21-22(12-20(19)29)39-28(5,6)15-38-21/h11-12,16-18H,8-9,13-15H2,1-7H3/t16-,17+,18?/m1/s1. The summed E-state index contributed by atoms with van der Waals surface area (Å²) in [7, 11) is 1.68. The monoisotopic (exact) mass is 537 g/mol. The molecule has 10 nitrogen and oxygen atoms in total. The molecule has 0 amide bonds. The van der Waals surface area contributed by atoms with Crippen molar-refractivity contribution >= 4 is 17.0 Å². The number of aryl methyl sites for hydroxylation is 2. The molecular weight excluding hydrogens is 501 g/mol. The summed E-state index contributed by atoms with van der Waals surface area (Å²) in [6.07, 6.45) is 0.145. The number of anilines is 1. The van der Waals surface area contributed by atoms with Gasteiger partial charge < -0.3 is 18.9 Å². The Morgan fingerprint density at radius 3 is 2.64 bits per heavy atom. The fourth-order valence-corrected chi connectivity index (χ4v) is 5.84. The predicted molar refractivity (Wildman–Crippen MR) is 146 cm³/mol. The molecule has 0 aliphatic carbocycles. The fraction of sp³-hybridized carbons (Fsp3) is 0.571. The van der Waals surface area contributed by atoms with Gasteiger partial charge in [-0.25, -0.2) is 14.2 Å². The summed E-state index contributed by atoms with van der Waals surface area (Å²) in [6, 6.07) is 5.13. The van der Waals surface area contributed by atoms with Crippen molar-refractivity contribution in [2.45, 2.75) is 78.2 Å². The zero-order valence-electron chi connectivity index (χ0n) is 23.7. The van der Waals surface area contributed by atoms with Crippen molar-refractivity contribution in [1.29, 1.82) is 5.26 Å². The average molecular weight is 538 g/mol. The number of nitriles is 1. The van der Waals surface area contributed by atoms with Crippen LogP contribution in [0.5, 0.6) is 11.5 Å². The van der Waals surface area contributed by atoms with Gasteiger partial charge in [-0.15, -0.1) is 0 Å². The van der Waals surface area contributed by atoms with Gasteiger partial charge in [0.15, 0.2) is 17.3 Å². The van der Waals surface area contributed by atoms with Gasteiger partial charge in [0.25, 0.3) is 0 Å². The van der Waals surface area contributed by atoms with Gasteiger partial charge >= 0.3 is 5.69 Å². The number of piperazine rings is 1. The van der Waals surface area contributed by atoms with E-state index in [-0.39, 0.29) is 36.1 Å². The molecule has 1 saturated heterocycles. The first-order chi connectivity index (χ1) is 18.5. The smallest absolute Gasteiger partial charge is 0.350 e. The summed E-state index contributed by atoms with van der Waals surface area (Å²) in [6.45, 7) is 14.1. The molecule has 2 aliphatic rings. The van der Waals surface area contributed by atoms with Crippen LogP contribution in [0, 0.1) is 17.1 Å². The highest BCUT2D eigenvalue weighted by Gasteiger charge is 2.37. The van der Waals surface area contributed by atoms with Crippen molar-refractivity contribution in [1.82, 2.24) is 24.0 Å². The van der Waals surface area contributed by atoms with Crippen LogP contribution >= 0.6 is 0 Å². The van der Waals surface area contributed by atoms with Gasteiger partial charge in [0.05, 0.1) is 12.5 Å². The van der Waals surface area contributed by atoms with E-state index in [1.807, 2.05) is 32.3 Å². The molecule has 1 unspecified atom stereocenters. The van der Waals surface area contributed by atoms with Crippen LogP contribution in [0.1, 0.15) is 59.0 Å². The molecule has 2 aliphatic heterocycles. The number of hydrogen-bond donors (Lipinski definition) is 0. The highest BCUT2D eigenvalue weighted by atomic mass is 19.1. The topological polar surface area (TPSA) is 101 Å². The third-order valence-electron chi connectivity index (χ3n) is 7.87. The van der Waals surface area contributed by atoms with E-state index in [0.717, 1.165) is 0 Å². The van der Waals surface area contributed by atoms with Gasteiger partial charge in [0.2, 0.25) is 0 Å². The van der Waals surface area contributed by atoms with E-state index in [4.69, 9.17) is 14.5 Å². The minimum Gasteiger partial charge on any atom is -0.486 e. The third kappa shape index (κ3) is 4.61. The van der Waals surface area contributed by atoms with E-state index in [9.17, 15) is 10.1 Å². The maximum absolute atomic E-state index is 15.3. The summed E-state index contributed by atoms with van der Waals surface area (Å²) < 4.78 is 30.6. The highest BCUT2D eigenvalue weighted by molar-refractivity contribution is 5.84. The lowest BCUT2D eigenvalue weighted by molar-refractivity contribution is 0.0205. The number of fused-ring (bicyclic) bond motifs is 2. The number of imidazole rings is 1. The molecule has 208 valence electrons. The molecule has 39 heavy (non-hydrogen) atoms. The Labute approximate surface area is 227 Å². The molecule has 0 saturated carbocycles. The molecule has 0 spiro atoms. The zero-order valence-corrected chi connectivity index (χ0v) is 23.7. The number of halogens is 1. The van der Waals surface area contributed by atoms with Crippen LogP contribution in [0.25, 0.3) is 11.2 Å². The van der Waals surface area contributed by atoms with Crippen LogP contribution in [0.3, 0.4) is 0 Å². The summed E-state index contributed by atoms with van der Waals surface area (Å²) >= 11 is 0. The molecule has 4 heterocycles. The second-order valence-corrected chi connectivity index (χ2v) is 11.3.